The third kappa shape index (κ3) is 5.13. The van der Waals surface area contributed by atoms with E-state index in [4.69, 9.17) is 9.16 Å². The molecule has 2 unspecified atom stereocenters. The van der Waals surface area contributed by atoms with Crippen LogP contribution in [0, 0.1) is 0 Å². The Labute approximate surface area is 147 Å². The van der Waals surface area contributed by atoms with Crippen LogP contribution in [0.1, 0.15) is 26.3 Å². The van der Waals surface area contributed by atoms with Gasteiger partial charge in [-0.2, -0.15) is 0 Å². The smallest absolute Gasteiger partial charge is 0.192 e. The van der Waals surface area contributed by atoms with Crippen LogP contribution < -0.4 is 0 Å². The Morgan fingerprint density at radius 3 is 2.50 bits per heavy atom. The molecule has 0 amide bonds. The Hall–Kier alpha value is -0.723. The van der Waals surface area contributed by atoms with Gasteiger partial charge >= 0.3 is 0 Å². The van der Waals surface area contributed by atoms with Gasteiger partial charge in [-0.15, -0.1) is 0 Å². The summed E-state index contributed by atoms with van der Waals surface area (Å²) in [4.78, 5) is 2.40. The fourth-order valence-electron chi connectivity index (χ4n) is 2.61. The Balaban J connectivity index is 2.02. The maximum atomic E-state index is 9.45. The molecule has 1 aromatic carbocycles. The van der Waals surface area contributed by atoms with E-state index in [1.54, 1.807) is 0 Å². The molecule has 1 saturated heterocycles. The Morgan fingerprint density at radius 1 is 1.25 bits per heavy atom. The van der Waals surface area contributed by atoms with Gasteiger partial charge in [0.2, 0.25) is 0 Å². The van der Waals surface area contributed by atoms with Crippen molar-refractivity contribution in [3.8, 4) is 0 Å². The lowest BCUT2D eigenvalue weighted by molar-refractivity contribution is -0.0944. The Bertz CT molecular complexity index is 501. The largest absolute Gasteiger partial charge is 0.415 e. The van der Waals surface area contributed by atoms with Crippen LogP contribution in [0.3, 0.4) is 0 Å². The van der Waals surface area contributed by atoms with E-state index < -0.39 is 8.32 Å². The zero-order valence-electron chi connectivity index (χ0n) is 15.8. The molecule has 4 nitrogen and oxygen atoms in total. The molecule has 1 N–H and O–H groups in total. The number of aliphatic hydroxyl groups excluding tert-OH is 1. The average Bonchev–Trinajstić information content (AvgIpc) is 2.53. The predicted molar refractivity (Wildman–Crippen MR) is 101 cm³/mol. The average molecular weight is 352 g/mol. The van der Waals surface area contributed by atoms with Crippen LogP contribution in [-0.2, 0) is 15.7 Å². The summed E-state index contributed by atoms with van der Waals surface area (Å²) in [5.74, 6) is 0. The fraction of sp³-hybridized carbons (Fsp3) is 0.684. The van der Waals surface area contributed by atoms with Crippen LogP contribution in [0.5, 0.6) is 0 Å². The van der Waals surface area contributed by atoms with Gasteiger partial charge in [0, 0.05) is 13.1 Å². The van der Waals surface area contributed by atoms with Crippen molar-refractivity contribution >= 4 is 8.32 Å². The summed E-state index contributed by atoms with van der Waals surface area (Å²) >= 11 is 0. The summed E-state index contributed by atoms with van der Waals surface area (Å²) in [6, 6.07) is 10.7. The van der Waals surface area contributed by atoms with Crippen molar-refractivity contribution in [2.75, 3.05) is 26.4 Å². The number of nitrogens with zero attached hydrogens (tertiary/aromatic N) is 1. The number of morpholine rings is 1. The van der Waals surface area contributed by atoms with Gasteiger partial charge in [0.15, 0.2) is 8.32 Å². The van der Waals surface area contributed by atoms with Crippen molar-refractivity contribution in [3.05, 3.63) is 35.9 Å². The first-order chi connectivity index (χ1) is 11.2. The summed E-state index contributed by atoms with van der Waals surface area (Å²) in [5, 5.41) is 9.66. The topological polar surface area (TPSA) is 41.9 Å². The first-order valence-corrected chi connectivity index (χ1v) is 11.8. The summed E-state index contributed by atoms with van der Waals surface area (Å²) in [7, 11) is -1.77. The van der Waals surface area contributed by atoms with E-state index in [0.29, 0.717) is 13.2 Å². The number of aliphatic hydroxyl groups is 1. The van der Waals surface area contributed by atoms with Crippen LogP contribution >= 0.6 is 0 Å². The van der Waals surface area contributed by atoms with Crippen LogP contribution in [0.4, 0.5) is 0 Å². The molecule has 136 valence electrons. The number of hydrogen-bond acceptors (Lipinski definition) is 4. The molecule has 0 radical (unpaired) electrons. The minimum absolute atomic E-state index is 0.0705. The Kier molecular flexibility index (Phi) is 6.62. The SMILES string of the molecule is CC(C)(C)[Si](C)(C)OCC1COC(CO)CN1Cc1ccccc1. The molecule has 1 heterocycles. The molecule has 5 heteroatoms. The molecule has 0 aromatic heterocycles. The lowest BCUT2D eigenvalue weighted by atomic mass is 10.1. The summed E-state index contributed by atoms with van der Waals surface area (Å²) in [6.45, 7) is 14.4. The van der Waals surface area contributed by atoms with E-state index in [1.807, 2.05) is 6.07 Å². The third-order valence-electron chi connectivity index (χ3n) is 5.35. The molecule has 1 fully saturated rings. The van der Waals surface area contributed by atoms with Gasteiger partial charge in [0.05, 0.1) is 32.0 Å². The fourth-order valence-corrected chi connectivity index (χ4v) is 3.65. The number of rotatable bonds is 6. The highest BCUT2D eigenvalue weighted by Crippen LogP contribution is 2.36. The van der Waals surface area contributed by atoms with E-state index in [1.165, 1.54) is 5.56 Å². The Morgan fingerprint density at radius 2 is 1.92 bits per heavy atom. The van der Waals surface area contributed by atoms with Crippen molar-refractivity contribution in [2.24, 2.45) is 0 Å². The molecule has 0 saturated carbocycles. The van der Waals surface area contributed by atoms with Crippen molar-refractivity contribution in [1.29, 1.82) is 0 Å². The van der Waals surface area contributed by atoms with Crippen LogP contribution in [0.2, 0.25) is 18.1 Å². The summed E-state index contributed by atoms with van der Waals surface area (Å²) in [5.41, 5.74) is 1.29. The van der Waals surface area contributed by atoms with Crippen molar-refractivity contribution in [1.82, 2.24) is 4.90 Å². The highest BCUT2D eigenvalue weighted by molar-refractivity contribution is 6.74. The number of ether oxygens (including phenoxy) is 1. The zero-order chi connectivity index (χ0) is 17.8. The highest BCUT2D eigenvalue weighted by Gasteiger charge is 2.39. The molecule has 0 spiro atoms. The molecular weight excluding hydrogens is 318 g/mol. The second-order valence-corrected chi connectivity index (χ2v) is 13.1. The first kappa shape index (κ1) is 19.6. The van der Waals surface area contributed by atoms with Crippen LogP contribution in [-0.4, -0.2) is 56.8 Å². The molecule has 1 aliphatic heterocycles. The minimum atomic E-state index is -1.77. The standard InChI is InChI=1S/C19H33NO3Si/c1-19(2,3)24(4,5)23-15-17-14-22-18(13-21)12-20(17)11-16-9-7-6-8-10-16/h6-10,17-18,21H,11-15H2,1-5H3. The van der Waals surface area contributed by atoms with Crippen LogP contribution in [0.15, 0.2) is 30.3 Å². The van der Waals surface area contributed by atoms with Gasteiger partial charge in [-0.1, -0.05) is 51.1 Å². The second kappa shape index (κ2) is 8.10. The van der Waals surface area contributed by atoms with Crippen LogP contribution in [0.25, 0.3) is 0 Å². The quantitative estimate of drug-likeness (QED) is 0.799. The zero-order valence-corrected chi connectivity index (χ0v) is 16.8. The van der Waals surface area contributed by atoms with Crippen molar-refractivity contribution < 1.29 is 14.3 Å². The van der Waals surface area contributed by atoms with Gasteiger partial charge in [-0.3, -0.25) is 4.90 Å². The third-order valence-corrected chi connectivity index (χ3v) is 9.85. The molecule has 24 heavy (non-hydrogen) atoms. The van der Waals surface area contributed by atoms with Gasteiger partial charge in [0.1, 0.15) is 0 Å². The molecular formula is C19H33NO3Si. The molecule has 1 aromatic rings. The second-order valence-electron chi connectivity index (χ2n) is 8.28. The van der Waals surface area contributed by atoms with E-state index in [2.05, 4.69) is 63.0 Å². The van der Waals surface area contributed by atoms with Gasteiger partial charge in [-0.25, -0.2) is 0 Å². The van der Waals surface area contributed by atoms with Gasteiger partial charge < -0.3 is 14.3 Å². The van der Waals surface area contributed by atoms with E-state index >= 15 is 0 Å². The normalized spacial score (nSPS) is 23.4. The van der Waals surface area contributed by atoms with Crippen molar-refractivity contribution in [2.45, 2.75) is 57.6 Å². The van der Waals surface area contributed by atoms with E-state index in [0.717, 1.165) is 13.1 Å². The van der Waals surface area contributed by atoms with E-state index in [-0.39, 0.29) is 23.8 Å². The molecule has 2 atom stereocenters. The maximum absolute atomic E-state index is 9.45. The first-order valence-electron chi connectivity index (χ1n) is 8.87. The molecule has 0 bridgehead atoms. The van der Waals surface area contributed by atoms with Crippen molar-refractivity contribution in [3.63, 3.8) is 0 Å². The molecule has 0 aliphatic carbocycles. The number of hydrogen-bond donors (Lipinski definition) is 1. The lowest BCUT2D eigenvalue weighted by Crippen LogP contribution is -2.54. The highest BCUT2D eigenvalue weighted by atomic mass is 28.4. The predicted octanol–water partition coefficient (Wildman–Crippen LogP) is 3.27. The van der Waals surface area contributed by atoms with Gasteiger partial charge in [0.25, 0.3) is 0 Å². The van der Waals surface area contributed by atoms with Gasteiger partial charge in [-0.05, 0) is 23.7 Å². The molecule has 1 aliphatic rings. The summed E-state index contributed by atoms with van der Waals surface area (Å²) in [6.07, 6.45) is -0.0992. The minimum Gasteiger partial charge on any atom is -0.415 e. The maximum Gasteiger partial charge on any atom is 0.192 e. The summed E-state index contributed by atoms with van der Waals surface area (Å²) < 4.78 is 12.2. The van der Waals surface area contributed by atoms with E-state index in [9.17, 15) is 5.11 Å². The number of benzene rings is 1. The molecule has 2 rings (SSSR count). The monoisotopic (exact) mass is 351 g/mol. The lowest BCUT2D eigenvalue weighted by Gasteiger charge is -2.42.